The summed E-state index contributed by atoms with van der Waals surface area (Å²) in [5, 5.41) is 7.79. The van der Waals surface area contributed by atoms with E-state index in [9.17, 15) is 0 Å². The molecule has 0 amide bonds. The summed E-state index contributed by atoms with van der Waals surface area (Å²) in [6.45, 7) is 1.86. The molecule has 1 aliphatic rings. The van der Waals surface area contributed by atoms with Crippen LogP contribution in [0.2, 0.25) is 0 Å². The second-order valence-electron chi connectivity index (χ2n) is 3.91. The average molecular weight is 247 g/mol. The average Bonchev–Trinajstić information content (AvgIpc) is 2.40. The molecule has 3 N–H and O–H groups in total. The van der Waals surface area contributed by atoms with Gasteiger partial charge in [-0.2, -0.15) is 0 Å². The molecule has 7 heteroatoms. The van der Waals surface area contributed by atoms with Crippen molar-refractivity contribution >= 4 is 25.0 Å². The molecule has 1 aromatic heterocycles. The van der Waals surface area contributed by atoms with Gasteiger partial charge in [-0.05, 0) is 0 Å². The molecule has 0 bridgehead atoms. The molecule has 1 aliphatic heterocycles. The van der Waals surface area contributed by atoms with Crippen LogP contribution in [-0.2, 0) is 14.2 Å². The molecule has 2 rings (SSSR count). The van der Waals surface area contributed by atoms with Crippen LogP contribution in [0.1, 0.15) is 5.56 Å². The minimum atomic E-state index is -0.158. The van der Waals surface area contributed by atoms with E-state index in [1.807, 2.05) is 0 Å². The lowest BCUT2D eigenvalue weighted by Crippen LogP contribution is -2.33. The quantitative estimate of drug-likeness (QED) is 0.415. The first-order valence-corrected chi connectivity index (χ1v) is 5.59. The zero-order chi connectivity index (χ0) is 13.0. The van der Waals surface area contributed by atoms with Crippen molar-refractivity contribution < 1.29 is 14.2 Å². The fourth-order valence-corrected chi connectivity index (χ4v) is 1.56. The Morgan fingerprint density at radius 3 is 3.17 bits per heavy atom. The zero-order valence-electron chi connectivity index (χ0n) is 9.89. The van der Waals surface area contributed by atoms with Crippen molar-refractivity contribution in [1.82, 2.24) is 4.98 Å². The third kappa shape index (κ3) is 3.21. The number of nitrogen functional groups attached to an aromatic ring is 1. The monoisotopic (exact) mass is 247 g/mol. The lowest BCUT2D eigenvalue weighted by molar-refractivity contribution is -0.103. The van der Waals surface area contributed by atoms with Crippen LogP contribution < -0.4 is 11.2 Å². The second-order valence-corrected chi connectivity index (χ2v) is 3.91. The summed E-state index contributed by atoms with van der Waals surface area (Å²) in [5.74, 6) is 0.150. The van der Waals surface area contributed by atoms with E-state index in [-0.39, 0.29) is 24.4 Å². The van der Waals surface area contributed by atoms with Gasteiger partial charge in [0.25, 0.3) is 0 Å². The third-order valence-corrected chi connectivity index (χ3v) is 2.48. The first-order chi connectivity index (χ1) is 8.66. The van der Waals surface area contributed by atoms with Crippen molar-refractivity contribution in [3.05, 3.63) is 17.8 Å². The Hall–Kier alpha value is -1.60. The summed E-state index contributed by atoms with van der Waals surface area (Å²) in [5.41, 5.74) is 6.47. The number of ether oxygens (including phenoxy) is 3. The Bertz CT molecular complexity index is 436. The summed E-state index contributed by atoms with van der Waals surface area (Å²) in [6.07, 6.45) is 1.28. The molecule has 0 saturated carbocycles. The summed E-state index contributed by atoms with van der Waals surface area (Å²) in [7, 11) is 5.59. The van der Waals surface area contributed by atoms with Crippen LogP contribution in [0.5, 0.6) is 0 Å². The molecule has 1 saturated heterocycles. The Labute approximate surface area is 106 Å². The molecule has 1 atom stereocenters. The van der Waals surface area contributed by atoms with Crippen LogP contribution in [-0.4, -0.2) is 51.3 Å². The van der Waals surface area contributed by atoms with E-state index in [2.05, 4.69) is 4.98 Å². The summed E-state index contributed by atoms with van der Waals surface area (Å²) in [4.78, 5) is 3.87. The van der Waals surface area contributed by atoms with Crippen molar-refractivity contribution in [1.29, 1.82) is 5.41 Å². The Balaban J connectivity index is 1.92. The van der Waals surface area contributed by atoms with E-state index in [4.69, 9.17) is 33.2 Å². The highest BCUT2D eigenvalue weighted by Crippen LogP contribution is 2.09. The van der Waals surface area contributed by atoms with Gasteiger partial charge in [0, 0.05) is 6.20 Å². The van der Waals surface area contributed by atoms with Crippen molar-refractivity contribution in [2.24, 2.45) is 0 Å². The first-order valence-electron chi connectivity index (χ1n) is 5.59. The van der Waals surface area contributed by atoms with Crippen molar-refractivity contribution in [3.8, 4) is 0 Å². The molecular weight excluding hydrogens is 233 g/mol. The third-order valence-electron chi connectivity index (χ3n) is 2.48. The molecule has 0 aliphatic carbocycles. The molecular formula is C11H14BN3O3. The van der Waals surface area contributed by atoms with Gasteiger partial charge in [-0.15, -0.1) is 0 Å². The molecule has 6 nitrogen and oxygen atoms in total. The maximum Gasteiger partial charge on any atom is 0.217 e. The van der Waals surface area contributed by atoms with Gasteiger partial charge < -0.3 is 19.9 Å². The fourth-order valence-electron chi connectivity index (χ4n) is 1.56. The maximum absolute atomic E-state index is 7.79. The van der Waals surface area contributed by atoms with Gasteiger partial charge in [-0.3, -0.25) is 5.41 Å². The predicted molar refractivity (Wildman–Crippen MR) is 67.4 cm³/mol. The molecule has 0 aromatic carbocycles. The molecule has 2 radical (unpaired) electrons. The smallest absolute Gasteiger partial charge is 0.217 e. The molecule has 18 heavy (non-hydrogen) atoms. The highest BCUT2D eigenvalue weighted by molar-refractivity contribution is 6.32. The standard InChI is InChI=1S/C11H14BN3O3/c12-7-3-9(10(13)15-4-7)11(14)18-6-8-5-16-1-2-17-8/h3-4,8,14H,1-2,5-6H2,(H2,13,15)/t8-/m1/s1. The van der Waals surface area contributed by atoms with E-state index in [1.165, 1.54) is 6.20 Å². The van der Waals surface area contributed by atoms with Gasteiger partial charge >= 0.3 is 0 Å². The number of anilines is 1. The number of pyridine rings is 1. The van der Waals surface area contributed by atoms with Crippen LogP contribution in [0.15, 0.2) is 12.3 Å². The van der Waals surface area contributed by atoms with Crippen LogP contribution in [0.4, 0.5) is 5.82 Å². The lowest BCUT2D eigenvalue weighted by Gasteiger charge is -2.23. The van der Waals surface area contributed by atoms with Crippen molar-refractivity contribution in [2.45, 2.75) is 6.10 Å². The summed E-state index contributed by atoms with van der Waals surface area (Å²) < 4.78 is 15.9. The second kappa shape index (κ2) is 5.84. The molecule has 94 valence electrons. The van der Waals surface area contributed by atoms with Crippen molar-refractivity contribution in [2.75, 3.05) is 32.2 Å². The van der Waals surface area contributed by atoms with Crippen LogP contribution >= 0.6 is 0 Å². The molecule has 0 unspecified atom stereocenters. The van der Waals surface area contributed by atoms with Gasteiger partial charge in [0.1, 0.15) is 26.4 Å². The highest BCUT2D eigenvalue weighted by atomic mass is 16.6. The SMILES string of the molecule is [B]c1cnc(N)c(C(=N)OC[C@H]2COCCO2)c1. The lowest BCUT2D eigenvalue weighted by atomic mass is 9.97. The molecule has 0 spiro atoms. The Morgan fingerprint density at radius 2 is 2.44 bits per heavy atom. The largest absolute Gasteiger partial charge is 0.475 e. The van der Waals surface area contributed by atoms with Gasteiger partial charge in [0.2, 0.25) is 5.90 Å². The van der Waals surface area contributed by atoms with E-state index >= 15 is 0 Å². The van der Waals surface area contributed by atoms with E-state index in [0.29, 0.717) is 30.8 Å². The number of nitrogens with one attached hydrogen (secondary N) is 1. The number of hydrogen-bond donors (Lipinski definition) is 2. The first kappa shape index (κ1) is 12.9. The maximum atomic E-state index is 7.79. The number of rotatable bonds is 3. The minimum absolute atomic E-state index is 0.0681. The van der Waals surface area contributed by atoms with Crippen molar-refractivity contribution in [3.63, 3.8) is 0 Å². The molecule has 1 aromatic rings. The van der Waals surface area contributed by atoms with Gasteiger partial charge in [-0.1, -0.05) is 11.5 Å². The fraction of sp³-hybridized carbons (Fsp3) is 0.455. The summed E-state index contributed by atoms with van der Waals surface area (Å²) >= 11 is 0. The van der Waals surface area contributed by atoms with Crippen LogP contribution in [0, 0.1) is 5.41 Å². The Kier molecular flexibility index (Phi) is 4.17. The zero-order valence-corrected chi connectivity index (χ0v) is 9.89. The van der Waals surface area contributed by atoms with E-state index in [0.717, 1.165) is 0 Å². The van der Waals surface area contributed by atoms with E-state index in [1.54, 1.807) is 6.07 Å². The van der Waals surface area contributed by atoms with Crippen LogP contribution in [0.25, 0.3) is 0 Å². The highest BCUT2D eigenvalue weighted by Gasteiger charge is 2.17. The van der Waals surface area contributed by atoms with Crippen LogP contribution in [0.3, 0.4) is 0 Å². The summed E-state index contributed by atoms with van der Waals surface area (Å²) in [6, 6.07) is 1.56. The predicted octanol–water partition coefficient (Wildman–Crippen LogP) is -0.785. The Morgan fingerprint density at radius 1 is 1.61 bits per heavy atom. The molecule has 2 heterocycles. The number of hydrogen-bond acceptors (Lipinski definition) is 6. The molecule has 1 fully saturated rings. The normalized spacial score (nSPS) is 19.4. The van der Waals surface area contributed by atoms with Gasteiger partial charge in [0.05, 0.1) is 25.4 Å². The topological polar surface area (TPSA) is 90.5 Å². The minimum Gasteiger partial charge on any atom is -0.475 e. The number of nitrogens with zero attached hydrogens (tertiary/aromatic N) is 1. The van der Waals surface area contributed by atoms with Gasteiger partial charge in [-0.25, -0.2) is 4.98 Å². The van der Waals surface area contributed by atoms with Gasteiger partial charge in [0.15, 0.2) is 0 Å². The van der Waals surface area contributed by atoms with E-state index < -0.39 is 0 Å². The number of aromatic nitrogens is 1. The number of nitrogens with two attached hydrogens (primary N) is 1.